The molecule has 0 radical (unpaired) electrons. The molecule has 1 atom stereocenters. The first-order valence-corrected chi connectivity index (χ1v) is 7.14. The van der Waals surface area contributed by atoms with Crippen LogP contribution in [0.15, 0.2) is 55.0 Å². The van der Waals surface area contributed by atoms with Gasteiger partial charge >= 0.3 is 0 Å². The van der Waals surface area contributed by atoms with Gasteiger partial charge in [-0.25, -0.2) is 9.97 Å². The zero-order valence-corrected chi connectivity index (χ0v) is 11.7. The predicted octanol–water partition coefficient (Wildman–Crippen LogP) is 2.85. The zero-order chi connectivity index (χ0) is 14.5. The Kier molecular flexibility index (Phi) is 4.05. The number of amides is 1. The lowest BCUT2D eigenvalue weighted by Crippen LogP contribution is -2.29. The van der Waals surface area contributed by atoms with Gasteiger partial charge in [0.05, 0.1) is 11.7 Å². The molecule has 21 heavy (non-hydrogen) atoms. The molecule has 2 heterocycles. The average Bonchev–Trinajstić information content (AvgIpc) is 3.04. The Morgan fingerprint density at radius 1 is 1.24 bits per heavy atom. The smallest absolute Gasteiger partial charge is 0.247 e. The lowest BCUT2D eigenvalue weighted by molar-refractivity contribution is -0.126. The number of carbonyl (C=O) groups is 1. The first kappa shape index (κ1) is 13.5. The molecule has 1 unspecified atom stereocenters. The van der Waals surface area contributed by atoms with Gasteiger partial charge in [-0.2, -0.15) is 0 Å². The van der Waals surface area contributed by atoms with Gasteiger partial charge in [0.1, 0.15) is 6.33 Å². The van der Waals surface area contributed by atoms with Crippen molar-refractivity contribution in [3.8, 4) is 0 Å². The summed E-state index contributed by atoms with van der Waals surface area (Å²) in [4.78, 5) is 22.5. The van der Waals surface area contributed by atoms with Crippen LogP contribution in [0.25, 0.3) is 6.08 Å². The molecule has 4 nitrogen and oxygen atoms in total. The predicted molar refractivity (Wildman–Crippen MR) is 81.2 cm³/mol. The Balaban J connectivity index is 1.73. The van der Waals surface area contributed by atoms with Crippen LogP contribution in [0.5, 0.6) is 0 Å². The fourth-order valence-corrected chi connectivity index (χ4v) is 2.66. The van der Waals surface area contributed by atoms with Gasteiger partial charge in [-0.15, -0.1) is 0 Å². The molecular weight excluding hydrogens is 262 g/mol. The third-order valence-corrected chi connectivity index (χ3v) is 3.70. The molecule has 0 spiro atoms. The van der Waals surface area contributed by atoms with E-state index < -0.39 is 0 Å². The minimum atomic E-state index is 0.0416. The van der Waals surface area contributed by atoms with Crippen LogP contribution < -0.4 is 0 Å². The maximum absolute atomic E-state index is 12.4. The molecule has 1 aliphatic rings. The summed E-state index contributed by atoms with van der Waals surface area (Å²) in [5, 5.41) is 0. The van der Waals surface area contributed by atoms with E-state index in [1.807, 2.05) is 47.4 Å². The van der Waals surface area contributed by atoms with Crippen LogP contribution in [0.1, 0.15) is 30.1 Å². The number of nitrogens with zero attached hydrogens (tertiary/aromatic N) is 3. The molecule has 0 bridgehead atoms. The number of carbonyl (C=O) groups excluding carboxylic acids is 1. The molecule has 0 saturated carbocycles. The van der Waals surface area contributed by atoms with E-state index in [0.29, 0.717) is 0 Å². The Hall–Kier alpha value is -2.49. The molecular formula is C17H17N3O. The molecule has 0 aliphatic carbocycles. The lowest BCUT2D eigenvalue weighted by Gasteiger charge is -2.22. The minimum absolute atomic E-state index is 0.0416. The number of likely N-dealkylation sites (tertiary alicyclic amines) is 1. The molecule has 1 saturated heterocycles. The van der Waals surface area contributed by atoms with Crippen molar-refractivity contribution in [1.29, 1.82) is 0 Å². The molecule has 4 heteroatoms. The molecule has 1 amide bonds. The molecule has 1 aromatic heterocycles. The van der Waals surface area contributed by atoms with Crippen molar-refractivity contribution in [2.75, 3.05) is 6.54 Å². The fourth-order valence-electron chi connectivity index (χ4n) is 2.66. The highest BCUT2D eigenvalue weighted by Crippen LogP contribution is 2.30. The molecule has 1 aromatic carbocycles. The van der Waals surface area contributed by atoms with Gasteiger partial charge in [0.2, 0.25) is 5.91 Å². The van der Waals surface area contributed by atoms with Crippen LogP contribution in [0.3, 0.4) is 0 Å². The summed E-state index contributed by atoms with van der Waals surface area (Å²) < 4.78 is 0. The SMILES string of the molecule is O=C(/C=C/c1ccccc1)N1CCCC1c1ccncn1. The molecule has 1 aliphatic heterocycles. The van der Waals surface area contributed by atoms with Crippen molar-refractivity contribution in [2.45, 2.75) is 18.9 Å². The third kappa shape index (κ3) is 3.16. The highest BCUT2D eigenvalue weighted by atomic mass is 16.2. The topological polar surface area (TPSA) is 46.1 Å². The van der Waals surface area contributed by atoms with Crippen molar-refractivity contribution in [3.05, 3.63) is 66.3 Å². The van der Waals surface area contributed by atoms with Gasteiger partial charge in [0.15, 0.2) is 0 Å². The Labute approximate surface area is 124 Å². The van der Waals surface area contributed by atoms with E-state index in [9.17, 15) is 4.79 Å². The van der Waals surface area contributed by atoms with Crippen LogP contribution in [-0.4, -0.2) is 27.3 Å². The Bertz CT molecular complexity index is 625. The van der Waals surface area contributed by atoms with Gasteiger partial charge in [-0.3, -0.25) is 4.79 Å². The maximum atomic E-state index is 12.4. The van der Waals surface area contributed by atoms with E-state index in [1.54, 1.807) is 12.3 Å². The highest BCUT2D eigenvalue weighted by Gasteiger charge is 2.29. The van der Waals surface area contributed by atoms with Gasteiger partial charge in [0, 0.05) is 18.8 Å². The second-order valence-electron chi connectivity index (χ2n) is 5.07. The van der Waals surface area contributed by atoms with E-state index >= 15 is 0 Å². The van der Waals surface area contributed by atoms with Crippen LogP contribution in [-0.2, 0) is 4.79 Å². The third-order valence-electron chi connectivity index (χ3n) is 3.70. The van der Waals surface area contributed by atoms with Crippen LogP contribution in [0, 0.1) is 0 Å². The quantitative estimate of drug-likeness (QED) is 0.812. The maximum Gasteiger partial charge on any atom is 0.247 e. The number of hydrogen-bond acceptors (Lipinski definition) is 3. The van der Waals surface area contributed by atoms with Gasteiger partial charge in [-0.05, 0) is 30.5 Å². The summed E-state index contributed by atoms with van der Waals surface area (Å²) in [6, 6.07) is 11.8. The van der Waals surface area contributed by atoms with Crippen LogP contribution >= 0.6 is 0 Å². The summed E-state index contributed by atoms with van der Waals surface area (Å²) in [6.45, 7) is 0.784. The standard InChI is InChI=1S/C17H17N3O/c21-17(9-8-14-5-2-1-3-6-14)20-12-4-7-16(20)15-10-11-18-13-19-15/h1-3,5-6,8-11,13,16H,4,7,12H2/b9-8+. The number of rotatable bonds is 3. The summed E-state index contributed by atoms with van der Waals surface area (Å²) in [6.07, 6.45) is 8.74. The van der Waals surface area contributed by atoms with Gasteiger partial charge < -0.3 is 4.90 Å². The summed E-state index contributed by atoms with van der Waals surface area (Å²) >= 11 is 0. The summed E-state index contributed by atoms with van der Waals surface area (Å²) in [5.74, 6) is 0.0416. The summed E-state index contributed by atoms with van der Waals surface area (Å²) in [7, 11) is 0. The van der Waals surface area contributed by atoms with E-state index in [4.69, 9.17) is 0 Å². The Morgan fingerprint density at radius 2 is 2.10 bits per heavy atom. The largest absolute Gasteiger partial charge is 0.331 e. The van der Waals surface area contributed by atoms with Gasteiger partial charge in [0.25, 0.3) is 0 Å². The van der Waals surface area contributed by atoms with Crippen LogP contribution in [0.4, 0.5) is 0 Å². The first-order valence-electron chi connectivity index (χ1n) is 7.14. The molecule has 3 rings (SSSR count). The van der Waals surface area contributed by atoms with E-state index in [0.717, 1.165) is 30.6 Å². The molecule has 106 valence electrons. The number of aromatic nitrogens is 2. The average molecular weight is 279 g/mol. The number of hydrogen-bond donors (Lipinski definition) is 0. The second-order valence-corrected chi connectivity index (χ2v) is 5.07. The summed E-state index contributed by atoms with van der Waals surface area (Å²) in [5.41, 5.74) is 1.95. The van der Waals surface area contributed by atoms with Crippen molar-refractivity contribution >= 4 is 12.0 Å². The zero-order valence-electron chi connectivity index (χ0n) is 11.7. The fraction of sp³-hybridized carbons (Fsp3) is 0.235. The van der Waals surface area contributed by atoms with Crippen molar-refractivity contribution < 1.29 is 4.79 Å². The first-order chi connectivity index (χ1) is 10.3. The molecule has 0 N–H and O–H groups in total. The van der Waals surface area contributed by atoms with E-state index in [-0.39, 0.29) is 11.9 Å². The van der Waals surface area contributed by atoms with Crippen molar-refractivity contribution in [2.24, 2.45) is 0 Å². The monoisotopic (exact) mass is 279 g/mol. The number of benzene rings is 1. The van der Waals surface area contributed by atoms with E-state index in [2.05, 4.69) is 9.97 Å². The highest BCUT2D eigenvalue weighted by molar-refractivity contribution is 5.92. The Morgan fingerprint density at radius 3 is 2.86 bits per heavy atom. The molecule has 2 aromatic rings. The van der Waals surface area contributed by atoms with E-state index in [1.165, 1.54) is 6.33 Å². The van der Waals surface area contributed by atoms with Crippen molar-refractivity contribution in [1.82, 2.24) is 14.9 Å². The van der Waals surface area contributed by atoms with Crippen LogP contribution in [0.2, 0.25) is 0 Å². The van der Waals surface area contributed by atoms with Gasteiger partial charge in [-0.1, -0.05) is 30.3 Å². The second kappa shape index (κ2) is 6.31. The lowest BCUT2D eigenvalue weighted by atomic mass is 10.1. The minimum Gasteiger partial charge on any atom is -0.331 e. The molecule has 1 fully saturated rings. The van der Waals surface area contributed by atoms with Crippen molar-refractivity contribution in [3.63, 3.8) is 0 Å². The normalized spacial score (nSPS) is 18.3.